The topological polar surface area (TPSA) is 67.4 Å². The number of nitrogens with zero attached hydrogens (tertiary/aromatic N) is 5. The lowest BCUT2D eigenvalue weighted by atomic mass is 10.1. The molecule has 0 fully saturated rings. The maximum atomic E-state index is 9.87. The minimum atomic E-state index is -0.745. The summed E-state index contributed by atoms with van der Waals surface area (Å²) in [5.41, 5.74) is 3.86. The molecule has 4 heterocycles. The molecule has 0 atom stereocenters. The highest BCUT2D eigenvalue weighted by Gasteiger charge is 2.28. The van der Waals surface area contributed by atoms with Crippen LogP contribution >= 0.6 is 11.3 Å². The van der Waals surface area contributed by atoms with Gasteiger partial charge in [-0.15, -0.1) is 11.3 Å². The summed E-state index contributed by atoms with van der Waals surface area (Å²) in [5, 5.41) is 12.0. The first-order valence-corrected chi connectivity index (χ1v) is 10.5. The lowest BCUT2D eigenvalue weighted by Crippen LogP contribution is -2.25. The Kier molecular flexibility index (Phi) is 4.71. The Hall–Kier alpha value is -3.04. The number of fused-ring (bicyclic) bond motifs is 1. The van der Waals surface area contributed by atoms with Gasteiger partial charge in [0, 0.05) is 29.3 Å². The lowest BCUT2D eigenvalue weighted by Gasteiger charge is -2.22. The zero-order valence-corrected chi connectivity index (χ0v) is 18.1. The first-order valence-electron chi connectivity index (χ1n) is 9.64. The van der Waals surface area contributed by atoms with Gasteiger partial charge in [-0.2, -0.15) is 5.26 Å². The van der Waals surface area contributed by atoms with Gasteiger partial charge in [0.2, 0.25) is 0 Å². The monoisotopic (exact) mass is 401 g/mol. The summed E-state index contributed by atoms with van der Waals surface area (Å²) >= 11 is 1.70. The molecule has 29 heavy (non-hydrogen) atoms. The molecule has 0 saturated heterocycles. The number of hydrogen-bond donors (Lipinski definition) is 0. The summed E-state index contributed by atoms with van der Waals surface area (Å²) in [6.07, 6.45) is 3.61. The molecule has 5 nitrogen and oxygen atoms in total. The summed E-state index contributed by atoms with van der Waals surface area (Å²) in [6, 6.07) is 12.5. The van der Waals surface area contributed by atoms with Crippen LogP contribution in [-0.4, -0.2) is 19.5 Å². The number of pyridine rings is 2. The van der Waals surface area contributed by atoms with Crippen molar-refractivity contribution in [2.75, 3.05) is 0 Å². The van der Waals surface area contributed by atoms with E-state index in [4.69, 9.17) is 9.97 Å². The Balaban J connectivity index is 1.98. The highest BCUT2D eigenvalue weighted by atomic mass is 32.1. The third-order valence-corrected chi connectivity index (χ3v) is 6.45. The molecule has 0 amide bonds. The maximum Gasteiger partial charge on any atom is 0.141 e. The second kappa shape index (κ2) is 7.09. The summed E-state index contributed by atoms with van der Waals surface area (Å²) in [4.78, 5) is 15.0. The van der Waals surface area contributed by atoms with Crippen LogP contribution in [0.25, 0.3) is 32.9 Å². The molecule has 0 saturated carbocycles. The minimum Gasteiger partial charge on any atom is -0.306 e. The van der Waals surface area contributed by atoms with Gasteiger partial charge in [0.15, 0.2) is 0 Å². The van der Waals surface area contributed by atoms with Gasteiger partial charge in [-0.3, -0.25) is 4.98 Å². The van der Waals surface area contributed by atoms with Gasteiger partial charge in [-0.1, -0.05) is 19.9 Å². The third kappa shape index (κ3) is 3.32. The maximum absolute atomic E-state index is 9.87. The quantitative estimate of drug-likeness (QED) is 0.426. The Bertz CT molecular complexity index is 1230. The number of thiazole rings is 1. The fraction of sp³-hybridized carbons (Fsp3) is 0.304. The number of aryl methyl sites for hydroxylation is 1. The molecular formula is C23H23N5S. The number of hydrogen-bond acceptors (Lipinski definition) is 5. The van der Waals surface area contributed by atoms with E-state index < -0.39 is 5.54 Å². The molecule has 4 rings (SSSR count). The first kappa shape index (κ1) is 19.3. The summed E-state index contributed by atoms with van der Waals surface area (Å²) in [6.45, 7) is 10.2. The number of rotatable bonds is 4. The molecule has 0 unspecified atom stereocenters. The normalized spacial score (nSPS) is 11.9. The largest absolute Gasteiger partial charge is 0.306 e. The molecule has 0 radical (unpaired) electrons. The summed E-state index contributed by atoms with van der Waals surface area (Å²) in [5.74, 6) is 0.364. The van der Waals surface area contributed by atoms with Gasteiger partial charge in [0.1, 0.15) is 11.2 Å². The molecule has 0 bridgehead atoms. The van der Waals surface area contributed by atoms with E-state index in [0.29, 0.717) is 5.92 Å². The molecule has 0 aliphatic heterocycles. The zero-order chi connectivity index (χ0) is 20.8. The van der Waals surface area contributed by atoms with E-state index in [9.17, 15) is 5.26 Å². The average Bonchev–Trinajstić information content (AvgIpc) is 3.28. The van der Waals surface area contributed by atoms with Crippen LogP contribution in [0.4, 0.5) is 0 Å². The fourth-order valence-corrected chi connectivity index (χ4v) is 4.53. The van der Waals surface area contributed by atoms with E-state index in [1.807, 2.05) is 49.7 Å². The molecule has 0 aromatic carbocycles. The molecular weight excluding hydrogens is 378 g/mol. The highest BCUT2D eigenvalue weighted by molar-refractivity contribution is 7.15. The van der Waals surface area contributed by atoms with Crippen LogP contribution in [0.2, 0.25) is 0 Å². The fourth-order valence-electron chi connectivity index (χ4n) is 3.45. The zero-order valence-electron chi connectivity index (χ0n) is 17.3. The van der Waals surface area contributed by atoms with Crippen molar-refractivity contribution >= 4 is 22.4 Å². The Morgan fingerprint density at radius 1 is 1.17 bits per heavy atom. The number of aromatic nitrogens is 4. The number of nitriles is 1. The van der Waals surface area contributed by atoms with Crippen molar-refractivity contribution in [1.29, 1.82) is 5.26 Å². The highest BCUT2D eigenvalue weighted by Crippen LogP contribution is 2.39. The van der Waals surface area contributed by atoms with Crippen LogP contribution in [0.15, 0.2) is 42.7 Å². The standard InChI is InChI=1S/C23H23N5S/c1-14(2)22-27-15(3)20(29-22)19-11-16-10-17(18-8-6-7-9-25-18)12-26-21(16)28(19)23(4,5)13-24/h6-12,14H,1-5H3. The lowest BCUT2D eigenvalue weighted by molar-refractivity contribution is 0.487. The van der Waals surface area contributed by atoms with Gasteiger partial charge in [0.25, 0.3) is 0 Å². The molecule has 0 aliphatic rings. The Labute approximate surface area is 174 Å². The van der Waals surface area contributed by atoms with Crippen molar-refractivity contribution < 1.29 is 0 Å². The van der Waals surface area contributed by atoms with Crippen molar-refractivity contribution in [3.05, 3.63) is 53.4 Å². The third-order valence-electron chi connectivity index (χ3n) is 4.97. The predicted molar refractivity (Wildman–Crippen MR) is 118 cm³/mol. The summed E-state index contributed by atoms with van der Waals surface area (Å²) in [7, 11) is 0. The van der Waals surface area contributed by atoms with E-state index in [1.165, 1.54) is 0 Å². The molecule has 0 N–H and O–H groups in total. The predicted octanol–water partition coefficient (Wildman–Crippen LogP) is 5.91. The molecule has 146 valence electrons. The SMILES string of the molecule is Cc1nc(C(C)C)sc1-c1cc2cc(-c3ccccn3)cnc2n1C(C)(C)C#N. The van der Waals surface area contributed by atoms with Gasteiger partial charge >= 0.3 is 0 Å². The van der Waals surface area contributed by atoms with Gasteiger partial charge in [-0.25, -0.2) is 9.97 Å². The molecule has 0 aliphatic carbocycles. The van der Waals surface area contributed by atoms with E-state index in [2.05, 4.69) is 37.0 Å². The summed E-state index contributed by atoms with van der Waals surface area (Å²) < 4.78 is 2.04. The van der Waals surface area contributed by atoms with Crippen molar-refractivity contribution in [3.8, 4) is 27.9 Å². The van der Waals surface area contributed by atoms with Crippen LogP contribution < -0.4 is 0 Å². The Morgan fingerprint density at radius 2 is 1.97 bits per heavy atom. The molecule has 4 aromatic rings. The van der Waals surface area contributed by atoms with Crippen LogP contribution in [0.1, 0.15) is 44.3 Å². The van der Waals surface area contributed by atoms with Crippen LogP contribution in [0, 0.1) is 18.3 Å². The smallest absolute Gasteiger partial charge is 0.141 e. The van der Waals surface area contributed by atoms with Crippen LogP contribution in [0.3, 0.4) is 0 Å². The van der Waals surface area contributed by atoms with Gasteiger partial charge < -0.3 is 4.57 Å². The minimum absolute atomic E-state index is 0.364. The van der Waals surface area contributed by atoms with Crippen molar-refractivity contribution in [1.82, 2.24) is 19.5 Å². The van der Waals surface area contributed by atoms with Crippen molar-refractivity contribution in [2.24, 2.45) is 0 Å². The van der Waals surface area contributed by atoms with E-state index in [0.717, 1.165) is 43.6 Å². The second-order valence-electron chi connectivity index (χ2n) is 8.01. The second-order valence-corrected chi connectivity index (χ2v) is 9.04. The van der Waals surface area contributed by atoms with Crippen molar-refractivity contribution in [3.63, 3.8) is 0 Å². The van der Waals surface area contributed by atoms with Crippen LogP contribution in [0.5, 0.6) is 0 Å². The molecule has 0 spiro atoms. The van der Waals surface area contributed by atoms with Gasteiger partial charge in [-0.05, 0) is 45.0 Å². The average molecular weight is 402 g/mol. The molecule has 6 heteroatoms. The molecule has 4 aromatic heterocycles. The van der Waals surface area contributed by atoms with Gasteiger partial charge in [0.05, 0.1) is 33.0 Å². The van der Waals surface area contributed by atoms with Crippen LogP contribution in [-0.2, 0) is 5.54 Å². The van der Waals surface area contributed by atoms with Crippen molar-refractivity contribution in [2.45, 2.75) is 46.1 Å². The first-order chi connectivity index (χ1) is 13.8. The van der Waals surface area contributed by atoms with E-state index >= 15 is 0 Å². The Morgan fingerprint density at radius 3 is 2.59 bits per heavy atom. The van der Waals surface area contributed by atoms with E-state index in [1.54, 1.807) is 17.5 Å². The van der Waals surface area contributed by atoms with E-state index in [-0.39, 0.29) is 0 Å².